The van der Waals surface area contributed by atoms with Gasteiger partial charge < -0.3 is 15.0 Å². The van der Waals surface area contributed by atoms with Crippen LogP contribution in [-0.2, 0) is 26.2 Å². The molecule has 2 aromatic carbocycles. The van der Waals surface area contributed by atoms with Crippen LogP contribution in [0.5, 0.6) is 5.75 Å². The summed E-state index contributed by atoms with van der Waals surface area (Å²) in [5.41, 5.74) is 0.931. The van der Waals surface area contributed by atoms with Crippen LogP contribution < -0.4 is 14.4 Å². The molecule has 192 valence electrons. The number of halogens is 2. The van der Waals surface area contributed by atoms with Crippen molar-refractivity contribution in [2.75, 3.05) is 30.8 Å². The van der Waals surface area contributed by atoms with Crippen LogP contribution in [0.25, 0.3) is 0 Å². The molecule has 1 unspecified atom stereocenters. The van der Waals surface area contributed by atoms with Crippen molar-refractivity contribution in [1.82, 2.24) is 10.2 Å². The van der Waals surface area contributed by atoms with Crippen LogP contribution in [0.1, 0.15) is 32.3 Å². The van der Waals surface area contributed by atoms with Crippen LogP contribution in [-0.4, -0.2) is 57.6 Å². The molecule has 0 aliphatic rings. The third-order valence-electron chi connectivity index (χ3n) is 5.29. The quantitative estimate of drug-likeness (QED) is 0.434. The molecule has 1 N–H and O–H groups in total. The zero-order valence-electron chi connectivity index (χ0n) is 20.3. The summed E-state index contributed by atoms with van der Waals surface area (Å²) in [7, 11) is -2.37. The first-order valence-electron chi connectivity index (χ1n) is 11.1. The second kappa shape index (κ2) is 13.0. The Bertz CT molecular complexity index is 1140. The normalized spacial score (nSPS) is 12.1. The van der Waals surface area contributed by atoms with Crippen molar-refractivity contribution in [3.8, 4) is 5.75 Å². The molecule has 0 bridgehead atoms. The van der Waals surface area contributed by atoms with Gasteiger partial charge in [-0.3, -0.25) is 13.9 Å². The number of sulfonamides is 1. The molecule has 11 heteroatoms. The maximum absolute atomic E-state index is 13.6. The topological polar surface area (TPSA) is 96.0 Å². The maximum Gasteiger partial charge on any atom is 0.244 e. The van der Waals surface area contributed by atoms with Gasteiger partial charge in [-0.15, -0.1) is 0 Å². The third-order valence-corrected chi connectivity index (χ3v) is 7.17. The number of hydrogen-bond acceptors (Lipinski definition) is 5. The van der Waals surface area contributed by atoms with Gasteiger partial charge in [-0.25, -0.2) is 8.42 Å². The highest BCUT2D eigenvalue weighted by Gasteiger charge is 2.31. The zero-order valence-corrected chi connectivity index (χ0v) is 22.6. The van der Waals surface area contributed by atoms with Crippen LogP contribution in [0.2, 0.25) is 10.0 Å². The number of nitrogens with zero attached hydrogens (tertiary/aromatic N) is 2. The van der Waals surface area contributed by atoms with Gasteiger partial charge in [-0.05, 0) is 42.7 Å². The number of nitrogens with one attached hydrogen (secondary N) is 1. The number of carbonyl (C=O) groups is 2. The summed E-state index contributed by atoms with van der Waals surface area (Å²) in [4.78, 5) is 27.9. The molecular weight excluding hydrogens is 513 g/mol. The van der Waals surface area contributed by atoms with Gasteiger partial charge in [0.2, 0.25) is 21.8 Å². The standard InChI is InChI=1S/C24H31Cl2N3O5S/c1-5-12-27-24(31)22(6-2)28(15-17-10-11-20(25)21(26)13-17)23(30)16-29(35(4,32)33)18-8-7-9-19(14-18)34-3/h7-11,13-14,22H,5-6,12,15-16H2,1-4H3,(H,27,31). The SMILES string of the molecule is CCCNC(=O)C(CC)N(Cc1ccc(Cl)c(Cl)c1)C(=O)CN(c1cccc(OC)c1)S(C)(=O)=O. The van der Waals surface area contributed by atoms with Gasteiger partial charge in [0, 0.05) is 19.2 Å². The molecule has 2 rings (SSSR count). The van der Waals surface area contributed by atoms with Gasteiger partial charge in [0.1, 0.15) is 18.3 Å². The highest BCUT2D eigenvalue weighted by molar-refractivity contribution is 7.92. The Morgan fingerprint density at radius 3 is 2.37 bits per heavy atom. The lowest BCUT2D eigenvalue weighted by molar-refractivity contribution is -0.140. The second-order valence-electron chi connectivity index (χ2n) is 7.96. The van der Waals surface area contributed by atoms with Crippen molar-refractivity contribution >= 4 is 50.7 Å². The monoisotopic (exact) mass is 543 g/mol. The zero-order chi connectivity index (χ0) is 26.2. The number of anilines is 1. The van der Waals surface area contributed by atoms with Crippen LogP contribution >= 0.6 is 23.2 Å². The van der Waals surface area contributed by atoms with Gasteiger partial charge in [0.25, 0.3) is 0 Å². The van der Waals surface area contributed by atoms with E-state index in [1.54, 1.807) is 43.3 Å². The van der Waals surface area contributed by atoms with E-state index in [2.05, 4.69) is 5.32 Å². The van der Waals surface area contributed by atoms with Gasteiger partial charge in [-0.2, -0.15) is 0 Å². The van der Waals surface area contributed by atoms with Crippen LogP contribution in [0.3, 0.4) is 0 Å². The minimum absolute atomic E-state index is 0.0451. The number of amides is 2. The molecule has 0 aromatic heterocycles. The number of carbonyl (C=O) groups excluding carboxylic acids is 2. The summed E-state index contributed by atoms with van der Waals surface area (Å²) in [6.45, 7) is 3.73. The molecule has 0 aliphatic heterocycles. The van der Waals surface area contributed by atoms with E-state index in [9.17, 15) is 18.0 Å². The molecule has 35 heavy (non-hydrogen) atoms. The van der Waals surface area contributed by atoms with E-state index in [-0.39, 0.29) is 18.1 Å². The van der Waals surface area contributed by atoms with Crippen LogP contribution in [0, 0.1) is 0 Å². The Morgan fingerprint density at radius 2 is 1.80 bits per heavy atom. The van der Waals surface area contributed by atoms with Crippen molar-refractivity contribution in [2.45, 2.75) is 39.3 Å². The first kappa shape index (κ1) is 28.7. The maximum atomic E-state index is 13.6. The number of methoxy groups -OCH3 is 1. The van der Waals surface area contributed by atoms with Crippen molar-refractivity contribution in [3.63, 3.8) is 0 Å². The summed E-state index contributed by atoms with van der Waals surface area (Å²) in [6, 6.07) is 10.5. The van der Waals surface area contributed by atoms with E-state index in [0.717, 1.165) is 17.0 Å². The minimum Gasteiger partial charge on any atom is -0.497 e. The molecule has 0 radical (unpaired) electrons. The molecule has 0 saturated carbocycles. The fraction of sp³-hybridized carbons (Fsp3) is 0.417. The lowest BCUT2D eigenvalue weighted by Gasteiger charge is -2.33. The molecule has 2 aromatic rings. The summed E-state index contributed by atoms with van der Waals surface area (Å²) in [5.74, 6) is -0.403. The first-order valence-corrected chi connectivity index (χ1v) is 13.7. The number of ether oxygens (including phenoxy) is 1. The van der Waals surface area contributed by atoms with Crippen molar-refractivity contribution < 1.29 is 22.7 Å². The average Bonchev–Trinajstić information content (AvgIpc) is 2.82. The van der Waals surface area contributed by atoms with E-state index < -0.39 is 28.5 Å². The van der Waals surface area contributed by atoms with E-state index in [1.807, 2.05) is 6.92 Å². The summed E-state index contributed by atoms with van der Waals surface area (Å²) in [6.07, 6.45) is 2.09. The molecule has 8 nitrogen and oxygen atoms in total. The Kier molecular flexibility index (Phi) is 10.7. The summed E-state index contributed by atoms with van der Waals surface area (Å²) in [5, 5.41) is 3.50. The van der Waals surface area contributed by atoms with Gasteiger partial charge in [-0.1, -0.05) is 49.2 Å². The van der Waals surface area contributed by atoms with Gasteiger partial charge >= 0.3 is 0 Å². The Labute approximate surface area is 217 Å². The number of hydrogen-bond donors (Lipinski definition) is 1. The summed E-state index contributed by atoms with van der Waals surface area (Å²) < 4.78 is 31.5. The predicted octanol–water partition coefficient (Wildman–Crippen LogP) is 4.10. The molecule has 0 aliphatic carbocycles. The highest BCUT2D eigenvalue weighted by Crippen LogP contribution is 2.26. The first-order chi connectivity index (χ1) is 16.5. The van der Waals surface area contributed by atoms with Crippen LogP contribution in [0.4, 0.5) is 5.69 Å². The highest BCUT2D eigenvalue weighted by atomic mass is 35.5. The molecule has 1 atom stereocenters. The summed E-state index contributed by atoms with van der Waals surface area (Å²) >= 11 is 12.2. The van der Waals surface area contributed by atoms with Gasteiger partial charge in [0.05, 0.1) is 29.1 Å². The molecular formula is C24H31Cl2N3O5S. The van der Waals surface area contributed by atoms with Crippen LogP contribution in [0.15, 0.2) is 42.5 Å². The van der Waals surface area contributed by atoms with E-state index in [4.69, 9.17) is 27.9 Å². The van der Waals surface area contributed by atoms with E-state index in [0.29, 0.717) is 34.3 Å². The molecule has 0 spiro atoms. The van der Waals surface area contributed by atoms with E-state index in [1.165, 1.54) is 18.1 Å². The molecule has 0 heterocycles. The third kappa shape index (κ3) is 8.02. The lowest BCUT2D eigenvalue weighted by Crippen LogP contribution is -2.52. The fourth-order valence-corrected chi connectivity index (χ4v) is 4.66. The number of rotatable bonds is 12. The Hall–Kier alpha value is -2.49. The molecule has 0 fully saturated rings. The average molecular weight is 545 g/mol. The molecule has 0 saturated heterocycles. The predicted molar refractivity (Wildman–Crippen MR) is 140 cm³/mol. The smallest absolute Gasteiger partial charge is 0.244 e. The van der Waals surface area contributed by atoms with Crippen molar-refractivity contribution in [3.05, 3.63) is 58.1 Å². The number of benzene rings is 2. The van der Waals surface area contributed by atoms with Gasteiger partial charge in [0.15, 0.2) is 0 Å². The van der Waals surface area contributed by atoms with E-state index >= 15 is 0 Å². The van der Waals surface area contributed by atoms with Crippen molar-refractivity contribution in [1.29, 1.82) is 0 Å². The Morgan fingerprint density at radius 1 is 1.09 bits per heavy atom. The minimum atomic E-state index is -3.83. The molecule has 2 amide bonds. The second-order valence-corrected chi connectivity index (χ2v) is 10.7. The lowest BCUT2D eigenvalue weighted by atomic mass is 10.1. The fourth-order valence-electron chi connectivity index (χ4n) is 3.50. The largest absolute Gasteiger partial charge is 0.497 e. The Balaban J connectivity index is 2.45. The van der Waals surface area contributed by atoms with Crippen molar-refractivity contribution in [2.24, 2.45) is 0 Å².